The Bertz CT molecular complexity index is 574. The quantitative estimate of drug-likeness (QED) is 0.800. The normalized spacial score (nSPS) is 12.0. The van der Waals surface area contributed by atoms with E-state index < -0.39 is 11.9 Å². The van der Waals surface area contributed by atoms with Crippen molar-refractivity contribution in [2.75, 3.05) is 18.5 Å². The molecule has 112 valence electrons. The Kier molecular flexibility index (Phi) is 5.85. The number of aliphatic hydroxyl groups excluding tert-OH is 1. The van der Waals surface area contributed by atoms with Crippen LogP contribution in [-0.2, 0) is 0 Å². The van der Waals surface area contributed by atoms with Crippen molar-refractivity contribution in [1.82, 2.24) is 0 Å². The molecule has 0 radical (unpaired) electrons. The Morgan fingerprint density at radius 2 is 1.95 bits per heavy atom. The van der Waals surface area contributed by atoms with Gasteiger partial charge in [0.1, 0.15) is 24.3 Å². The molecular formula is C15H14BrClFNO2. The molecule has 0 bridgehead atoms. The van der Waals surface area contributed by atoms with Gasteiger partial charge < -0.3 is 15.2 Å². The SMILES string of the molecule is OC(CNc1c(F)cccc1Cl)COc1ccc(Br)cc1. The van der Waals surface area contributed by atoms with Gasteiger partial charge in [0.15, 0.2) is 0 Å². The van der Waals surface area contributed by atoms with Crippen LogP contribution in [0.2, 0.25) is 5.02 Å². The van der Waals surface area contributed by atoms with E-state index in [9.17, 15) is 9.50 Å². The number of ether oxygens (including phenoxy) is 1. The predicted octanol–water partition coefficient (Wildman–Crippen LogP) is 4.09. The molecule has 1 atom stereocenters. The standard InChI is InChI=1S/C15H14BrClFNO2/c16-10-4-6-12(7-5-10)21-9-11(20)8-19-15-13(17)2-1-3-14(15)18/h1-7,11,19-20H,8-9H2. The number of hydrogen-bond donors (Lipinski definition) is 2. The fourth-order valence-corrected chi connectivity index (χ4v) is 2.16. The highest BCUT2D eigenvalue weighted by Gasteiger charge is 2.10. The molecule has 0 fully saturated rings. The lowest BCUT2D eigenvalue weighted by Gasteiger charge is -2.15. The van der Waals surface area contributed by atoms with E-state index in [2.05, 4.69) is 21.2 Å². The van der Waals surface area contributed by atoms with Crippen LogP contribution in [0.3, 0.4) is 0 Å². The van der Waals surface area contributed by atoms with E-state index in [1.807, 2.05) is 12.1 Å². The molecule has 0 amide bonds. The summed E-state index contributed by atoms with van der Waals surface area (Å²) in [4.78, 5) is 0. The van der Waals surface area contributed by atoms with Crippen LogP contribution in [0.15, 0.2) is 46.9 Å². The molecule has 0 aromatic heterocycles. The van der Waals surface area contributed by atoms with Crippen LogP contribution in [0, 0.1) is 5.82 Å². The van der Waals surface area contributed by atoms with Crippen molar-refractivity contribution in [3.05, 3.63) is 57.8 Å². The van der Waals surface area contributed by atoms with Crippen molar-refractivity contribution in [3.8, 4) is 5.75 Å². The lowest BCUT2D eigenvalue weighted by molar-refractivity contribution is 0.117. The van der Waals surface area contributed by atoms with Gasteiger partial charge in [-0.25, -0.2) is 4.39 Å². The van der Waals surface area contributed by atoms with Crippen molar-refractivity contribution >= 4 is 33.2 Å². The van der Waals surface area contributed by atoms with Gasteiger partial charge in [-0.15, -0.1) is 0 Å². The minimum Gasteiger partial charge on any atom is -0.491 e. The first-order chi connectivity index (χ1) is 10.1. The van der Waals surface area contributed by atoms with Crippen molar-refractivity contribution in [2.24, 2.45) is 0 Å². The Morgan fingerprint density at radius 1 is 1.24 bits per heavy atom. The summed E-state index contributed by atoms with van der Waals surface area (Å²) in [5.41, 5.74) is 0.182. The van der Waals surface area contributed by atoms with Crippen LogP contribution in [0.1, 0.15) is 0 Å². The number of anilines is 1. The molecule has 0 aliphatic heterocycles. The first-order valence-electron chi connectivity index (χ1n) is 6.30. The summed E-state index contributed by atoms with van der Waals surface area (Å²) in [6.45, 7) is 0.234. The van der Waals surface area contributed by atoms with E-state index >= 15 is 0 Å². The van der Waals surface area contributed by atoms with Crippen LogP contribution in [0.4, 0.5) is 10.1 Å². The van der Waals surface area contributed by atoms with Gasteiger partial charge in [0.2, 0.25) is 0 Å². The average molecular weight is 375 g/mol. The van der Waals surface area contributed by atoms with Gasteiger partial charge in [-0.1, -0.05) is 33.6 Å². The second-order valence-corrected chi connectivity index (χ2v) is 5.72. The Morgan fingerprint density at radius 3 is 2.62 bits per heavy atom. The van der Waals surface area contributed by atoms with Gasteiger partial charge in [0, 0.05) is 11.0 Å². The van der Waals surface area contributed by atoms with E-state index in [1.54, 1.807) is 18.2 Å². The second-order valence-electron chi connectivity index (χ2n) is 4.40. The summed E-state index contributed by atoms with van der Waals surface area (Å²) in [7, 11) is 0. The van der Waals surface area contributed by atoms with E-state index in [1.165, 1.54) is 12.1 Å². The number of nitrogens with one attached hydrogen (secondary N) is 1. The van der Waals surface area contributed by atoms with Crippen LogP contribution in [0.25, 0.3) is 0 Å². The minimum atomic E-state index is -0.788. The molecule has 6 heteroatoms. The number of para-hydroxylation sites is 1. The first kappa shape index (κ1) is 16.1. The molecule has 2 N–H and O–H groups in total. The average Bonchev–Trinajstić information content (AvgIpc) is 2.46. The molecule has 0 saturated heterocycles. The number of hydrogen-bond acceptors (Lipinski definition) is 3. The van der Waals surface area contributed by atoms with E-state index in [4.69, 9.17) is 16.3 Å². The zero-order valence-electron chi connectivity index (χ0n) is 11.0. The Balaban J connectivity index is 1.82. The number of rotatable bonds is 6. The third-order valence-corrected chi connectivity index (χ3v) is 3.58. The molecule has 0 aliphatic rings. The van der Waals surface area contributed by atoms with Crippen LogP contribution in [0.5, 0.6) is 5.75 Å². The molecule has 2 aromatic carbocycles. The van der Waals surface area contributed by atoms with Crippen molar-refractivity contribution in [3.63, 3.8) is 0 Å². The zero-order valence-corrected chi connectivity index (χ0v) is 13.4. The zero-order chi connectivity index (χ0) is 15.2. The molecular weight excluding hydrogens is 361 g/mol. The van der Waals surface area contributed by atoms with E-state index in [0.29, 0.717) is 5.75 Å². The third kappa shape index (κ3) is 4.88. The topological polar surface area (TPSA) is 41.5 Å². The Labute approximate surface area is 135 Å². The van der Waals surface area contributed by atoms with Crippen LogP contribution < -0.4 is 10.1 Å². The van der Waals surface area contributed by atoms with Gasteiger partial charge in [0.05, 0.1) is 10.7 Å². The molecule has 2 rings (SSSR count). The van der Waals surface area contributed by atoms with Gasteiger partial charge >= 0.3 is 0 Å². The molecule has 2 aromatic rings. The number of aliphatic hydroxyl groups is 1. The lowest BCUT2D eigenvalue weighted by Crippen LogP contribution is -2.26. The summed E-state index contributed by atoms with van der Waals surface area (Å²) < 4.78 is 19.9. The predicted molar refractivity (Wildman–Crippen MR) is 85.5 cm³/mol. The molecule has 3 nitrogen and oxygen atoms in total. The second kappa shape index (κ2) is 7.64. The summed E-state index contributed by atoms with van der Waals surface area (Å²) in [5, 5.41) is 12.9. The van der Waals surface area contributed by atoms with Crippen molar-refractivity contribution in [1.29, 1.82) is 0 Å². The Hall–Kier alpha value is -1.30. The van der Waals surface area contributed by atoms with Crippen molar-refractivity contribution in [2.45, 2.75) is 6.10 Å². The lowest BCUT2D eigenvalue weighted by atomic mass is 10.3. The molecule has 0 saturated carbocycles. The van der Waals surface area contributed by atoms with E-state index in [-0.39, 0.29) is 23.9 Å². The molecule has 21 heavy (non-hydrogen) atoms. The molecule has 0 heterocycles. The monoisotopic (exact) mass is 373 g/mol. The summed E-state index contributed by atoms with van der Waals surface area (Å²) in [5.74, 6) is 0.199. The van der Waals surface area contributed by atoms with Crippen LogP contribution >= 0.6 is 27.5 Å². The maximum atomic E-state index is 13.5. The maximum absolute atomic E-state index is 13.5. The third-order valence-electron chi connectivity index (χ3n) is 2.73. The molecule has 0 aliphatic carbocycles. The maximum Gasteiger partial charge on any atom is 0.147 e. The highest BCUT2D eigenvalue weighted by molar-refractivity contribution is 9.10. The number of benzene rings is 2. The summed E-state index contributed by atoms with van der Waals surface area (Å²) >= 11 is 9.21. The highest BCUT2D eigenvalue weighted by Crippen LogP contribution is 2.24. The van der Waals surface area contributed by atoms with E-state index in [0.717, 1.165) is 4.47 Å². The van der Waals surface area contributed by atoms with Crippen LogP contribution in [-0.4, -0.2) is 24.4 Å². The fourth-order valence-electron chi connectivity index (χ4n) is 1.67. The fraction of sp³-hybridized carbons (Fsp3) is 0.200. The van der Waals surface area contributed by atoms with Gasteiger partial charge in [-0.2, -0.15) is 0 Å². The van der Waals surface area contributed by atoms with Gasteiger partial charge in [-0.05, 0) is 36.4 Å². The minimum absolute atomic E-state index is 0.0979. The first-order valence-corrected chi connectivity index (χ1v) is 7.47. The largest absolute Gasteiger partial charge is 0.491 e. The smallest absolute Gasteiger partial charge is 0.147 e. The molecule has 1 unspecified atom stereocenters. The summed E-state index contributed by atoms with van der Waals surface area (Å²) in [6.07, 6.45) is -0.788. The highest BCUT2D eigenvalue weighted by atomic mass is 79.9. The summed E-state index contributed by atoms with van der Waals surface area (Å²) in [6, 6.07) is 11.7. The van der Waals surface area contributed by atoms with Crippen molar-refractivity contribution < 1.29 is 14.2 Å². The number of halogens is 3. The molecule has 0 spiro atoms. The van der Waals surface area contributed by atoms with Gasteiger partial charge in [0.25, 0.3) is 0 Å². The van der Waals surface area contributed by atoms with Gasteiger partial charge in [-0.3, -0.25) is 0 Å².